The Morgan fingerprint density at radius 1 is 1.42 bits per heavy atom. The lowest BCUT2D eigenvalue weighted by atomic mass is 9.98. The zero-order chi connectivity index (χ0) is 14.0. The molecule has 1 fully saturated rings. The molecule has 1 saturated heterocycles. The average molecular weight is 286 g/mol. The summed E-state index contributed by atoms with van der Waals surface area (Å²) >= 11 is 5.85. The van der Waals surface area contributed by atoms with Crippen LogP contribution < -0.4 is 5.32 Å². The number of rotatable bonds is 3. The Hall–Kier alpha value is -1.79. The lowest BCUT2D eigenvalue weighted by molar-refractivity contribution is -0.144. The van der Waals surface area contributed by atoms with Gasteiger partial charge in [-0.2, -0.15) is 0 Å². The second-order valence-electron chi connectivity index (χ2n) is 4.31. The maximum absolute atomic E-state index is 12.1. The Morgan fingerprint density at radius 2 is 2.16 bits per heavy atom. The number of phenols is 1. The van der Waals surface area contributed by atoms with Gasteiger partial charge in [-0.3, -0.25) is 4.79 Å². The number of hydrogen-bond acceptors (Lipinski definition) is 4. The quantitative estimate of drug-likeness (QED) is 0.770. The van der Waals surface area contributed by atoms with E-state index in [1.807, 2.05) is 0 Å². The molecule has 6 nitrogen and oxygen atoms in total. The molecule has 0 saturated carbocycles. The van der Waals surface area contributed by atoms with Gasteiger partial charge in [0, 0.05) is 13.0 Å². The van der Waals surface area contributed by atoms with E-state index in [9.17, 15) is 19.8 Å². The van der Waals surface area contributed by atoms with Gasteiger partial charge in [-0.25, -0.2) is 4.79 Å². The molecule has 2 rings (SSSR count). The number of nitrogens with one attached hydrogen (secondary N) is 1. The van der Waals surface area contributed by atoms with Crippen molar-refractivity contribution in [3.05, 3.63) is 28.8 Å². The number of carbonyl (C=O) groups is 2. The van der Waals surface area contributed by atoms with Gasteiger partial charge in [0.25, 0.3) is 5.91 Å². The van der Waals surface area contributed by atoms with Crippen LogP contribution in [-0.4, -0.2) is 40.8 Å². The molecule has 1 aliphatic rings. The lowest BCUT2D eigenvalue weighted by Gasteiger charge is -2.23. The third kappa shape index (κ3) is 2.64. The first-order chi connectivity index (χ1) is 8.94. The van der Waals surface area contributed by atoms with Gasteiger partial charge < -0.3 is 20.3 Å². The van der Waals surface area contributed by atoms with Crippen LogP contribution in [0.2, 0.25) is 5.02 Å². The van der Waals surface area contributed by atoms with Crippen LogP contribution in [-0.2, 0) is 9.53 Å². The first kappa shape index (κ1) is 13.6. The van der Waals surface area contributed by atoms with Crippen LogP contribution in [0.1, 0.15) is 16.8 Å². The molecule has 3 N–H and O–H groups in total. The van der Waals surface area contributed by atoms with Gasteiger partial charge in [-0.15, -0.1) is 0 Å². The summed E-state index contributed by atoms with van der Waals surface area (Å²) in [6.07, 6.45) is 0.185. The van der Waals surface area contributed by atoms with Crippen molar-refractivity contribution in [2.45, 2.75) is 12.0 Å². The standard InChI is InChI=1S/C12H12ClNO5/c13-9-2-1-7(15)5-8(9)10(16)14-12(11(17)18)3-4-19-6-12/h1-2,5,15H,3-4,6H2,(H,14,16)(H,17,18). The van der Waals surface area contributed by atoms with E-state index >= 15 is 0 Å². The molecule has 0 radical (unpaired) electrons. The maximum Gasteiger partial charge on any atom is 0.331 e. The summed E-state index contributed by atoms with van der Waals surface area (Å²) in [5.41, 5.74) is -1.42. The van der Waals surface area contributed by atoms with E-state index < -0.39 is 17.4 Å². The molecule has 1 aromatic rings. The molecule has 0 bridgehead atoms. The Bertz CT molecular complexity index is 525. The molecule has 19 heavy (non-hydrogen) atoms. The molecule has 102 valence electrons. The Kier molecular flexibility index (Phi) is 3.64. The van der Waals surface area contributed by atoms with Crippen molar-refractivity contribution in [3.8, 4) is 5.75 Å². The molecule has 0 spiro atoms. The summed E-state index contributed by atoms with van der Waals surface area (Å²) < 4.78 is 5.03. The molecule has 1 atom stereocenters. The number of halogens is 1. The van der Waals surface area contributed by atoms with E-state index in [1.165, 1.54) is 18.2 Å². The van der Waals surface area contributed by atoms with E-state index in [0.717, 1.165) is 0 Å². The minimum Gasteiger partial charge on any atom is -0.508 e. The molecule has 0 aliphatic carbocycles. The summed E-state index contributed by atoms with van der Waals surface area (Å²) in [6, 6.07) is 3.89. The van der Waals surface area contributed by atoms with Crippen molar-refractivity contribution in [1.82, 2.24) is 5.32 Å². The molecular weight excluding hydrogens is 274 g/mol. The molecule has 1 heterocycles. The van der Waals surface area contributed by atoms with E-state index in [-0.39, 0.29) is 36.0 Å². The van der Waals surface area contributed by atoms with Crippen LogP contribution >= 0.6 is 11.6 Å². The predicted octanol–water partition coefficient (Wildman–Crippen LogP) is 1.02. The fourth-order valence-corrected chi connectivity index (χ4v) is 2.06. The van der Waals surface area contributed by atoms with Crippen molar-refractivity contribution in [2.24, 2.45) is 0 Å². The van der Waals surface area contributed by atoms with Crippen LogP contribution in [0.5, 0.6) is 5.75 Å². The highest BCUT2D eigenvalue weighted by Crippen LogP contribution is 2.24. The summed E-state index contributed by atoms with van der Waals surface area (Å²) in [5.74, 6) is -1.94. The average Bonchev–Trinajstić information content (AvgIpc) is 2.82. The number of hydrogen-bond donors (Lipinski definition) is 3. The van der Waals surface area contributed by atoms with E-state index in [1.54, 1.807) is 0 Å². The maximum atomic E-state index is 12.1. The second kappa shape index (κ2) is 5.07. The van der Waals surface area contributed by atoms with Gasteiger partial charge in [0.2, 0.25) is 0 Å². The van der Waals surface area contributed by atoms with Gasteiger partial charge in [-0.05, 0) is 18.2 Å². The van der Waals surface area contributed by atoms with Gasteiger partial charge in [0.15, 0.2) is 5.54 Å². The number of amides is 1. The highest BCUT2D eigenvalue weighted by molar-refractivity contribution is 6.34. The third-order valence-electron chi connectivity index (χ3n) is 2.98. The van der Waals surface area contributed by atoms with Gasteiger partial charge in [0.1, 0.15) is 5.75 Å². The Labute approximate surface area is 113 Å². The molecule has 0 aromatic heterocycles. The van der Waals surface area contributed by atoms with Crippen molar-refractivity contribution >= 4 is 23.5 Å². The van der Waals surface area contributed by atoms with Crippen LogP contribution in [0, 0.1) is 0 Å². The van der Waals surface area contributed by atoms with E-state index in [4.69, 9.17) is 16.3 Å². The molecule has 1 aromatic carbocycles. The smallest absolute Gasteiger partial charge is 0.331 e. The number of carboxylic acid groups (broad SMARTS) is 1. The lowest BCUT2D eigenvalue weighted by Crippen LogP contribution is -2.55. The van der Waals surface area contributed by atoms with Crippen molar-refractivity contribution in [2.75, 3.05) is 13.2 Å². The minimum atomic E-state index is -1.44. The molecular formula is C12H12ClNO5. The number of carbonyl (C=O) groups excluding carboxylic acids is 1. The number of phenolic OH excluding ortho intramolecular Hbond substituents is 1. The Morgan fingerprint density at radius 3 is 2.74 bits per heavy atom. The monoisotopic (exact) mass is 285 g/mol. The van der Waals surface area contributed by atoms with Crippen LogP contribution in [0.4, 0.5) is 0 Å². The van der Waals surface area contributed by atoms with Gasteiger partial charge >= 0.3 is 5.97 Å². The molecule has 7 heteroatoms. The van der Waals surface area contributed by atoms with E-state index in [2.05, 4.69) is 5.32 Å². The number of benzene rings is 1. The normalized spacial score (nSPS) is 22.2. The summed E-state index contributed by atoms with van der Waals surface area (Å²) in [6.45, 7) is 0.171. The largest absolute Gasteiger partial charge is 0.508 e. The van der Waals surface area contributed by atoms with Gasteiger partial charge in [0.05, 0.1) is 17.2 Å². The predicted molar refractivity (Wildman–Crippen MR) is 66.4 cm³/mol. The van der Waals surface area contributed by atoms with Crippen LogP contribution in [0.3, 0.4) is 0 Å². The SMILES string of the molecule is O=C(NC1(C(=O)O)CCOC1)c1cc(O)ccc1Cl. The number of aliphatic carboxylic acids is 1. The summed E-state index contributed by atoms with van der Waals surface area (Å²) in [7, 11) is 0. The second-order valence-corrected chi connectivity index (χ2v) is 4.72. The highest BCUT2D eigenvalue weighted by Gasteiger charge is 2.44. The van der Waals surface area contributed by atoms with Crippen molar-refractivity contribution < 1.29 is 24.5 Å². The molecule has 1 aliphatic heterocycles. The highest BCUT2D eigenvalue weighted by atomic mass is 35.5. The Balaban J connectivity index is 2.25. The zero-order valence-corrected chi connectivity index (χ0v) is 10.6. The summed E-state index contributed by atoms with van der Waals surface area (Å²) in [5, 5.41) is 21.1. The fraction of sp³-hybridized carbons (Fsp3) is 0.333. The van der Waals surface area contributed by atoms with Crippen molar-refractivity contribution in [1.29, 1.82) is 0 Å². The summed E-state index contributed by atoms with van der Waals surface area (Å²) in [4.78, 5) is 23.3. The molecule has 1 amide bonds. The van der Waals surface area contributed by atoms with Gasteiger partial charge in [-0.1, -0.05) is 11.6 Å². The first-order valence-electron chi connectivity index (χ1n) is 5.57. The zero-order valence-electron chi connectivity index (χ0n) is 9.85. The topological polar surface area (TPSA) is 95.9 Å². The minimum absolute atomic E-state index is 0.0224. The number of carboxylic acids is 1. The van der Waals surface area contributed by atoms with Crippen LogP contribution in [0.15, 0.2) is 18.2 Å². The number of aromatic hydroxyl groups is 1. The fourth-order valence-electron chi connectivity index (χ4n) is 1.86. The molecule has 1 unspecified atom stereocenters. The first-order valence-corrected chi connectivity index (χ1v) is 5.94. The van der Waals surface area contributed by atoms with E-state index in [0.29, 0.717) is 0 Å². The van der Waals surface area contributed by atoms with Crippen LogP contribution in [0.25, 0.3) is 0 Å². The third-order valence-corrected chi connectivity index (χ3v) is 3.31. The van der Waals surface area contributed by atoms with Crippen molar-refractivity contribution in [3.63, 3.8) is 0 Å². The number of ether oxygens (including phenoxy) is 1.